The molecule has 1 aromatic carbocycles. The molecule has 0 spiro atoms. The van der Waals surface area contributed by atoms with E-state index < -0.39 is 0 Å². The molecule has 2 aliphatic rings. The van der Waals surface area contributed by atoms with Gasteiger partial charge in [-0.3, -0.25) is 9.58 Å². The van der Waals surface area contributed by atoms with Gasteiger partial charge in [0.2, 0.25) is 0 Å². The second-order valence-electron chi connectivity index (χ2n) is 6.66. The maximum atomic E-state index is 6.02. The summed E-state index contributed by atoms with van der Waals surface area (Å²) in [5.74, 6) is 0. The molecule has 0 saturated carbocycles. The van der Waals surface area contributed by atoms with Gasteiger partial charge in [0, 0.05) is 24.8 Å². The zero-order valence-corrected chi connectivity index (χ0v) is 13.9. The van der Waals surface area contributed by atoms with Gasteiger partial charge < -0.3 is 0 Å². The summed E-state index contributed by atoms with van der Waals surface area (Å²) in [5, 5.41) is 5.16. The summed E-state index contributed by atoms with van der Waals surface area (Å²) in [6.45, 7) is 1.05. The van der Waals surface area contributed by atoms with Crippen LogP contribution in [0.3, 0.4) is 0 Å². The van der Waals surface area contributed by atoms with Crippen LogP contribution >= 0.6 is 11.6 Å². The minimum absolute atomic E-state index is 0.509. The third-order valence-corrected chi connectivity index (χ3v) is 5.42. The fourth-order valence-corrected chi connectivity index (χ4v) is 4.29. The van der Waals surface area contributed by atoms with E-state index in [1.807, 2.05) is 6.20 Å². The molecule has 2 aromatic rings. The highest BCUT2D eigenvalue weighted by atomic mass is 35.5. The highest BCUT2D eigenvalue weighted by Gasteiger charge is 2.40. The number of hydrogen-bond donors (Lipinski definition) is 0. The summed E-state index contributed by atoms with van der Waals surface area (Å²) in [5.41, 5.74) is 1.28. The summed E-state index contributed by atoms with van der Waals surface area (Å²) in [6.07, 6.45) is 13.3. The van der Waals surface area contributed by atoms with E-state index in [4.69, 9.17) is 11.6 Å². The van der Waals surface area contributed by atoms with Gasteiger partial charge in [-0.15, -0.1) is 0 Å². The number of rotatable bonds is 4. The summed E-state index contributed by atoms with van der Waals surface area (Å²) < 4.78 is 2.07. The lowest BCUT2D eigenvalue weighted by molar-refractivity contribution is 0.116. The molecule has 0 aliphatic carbocycles. The van der Waals surface area contributed by atoms with Gasteiger partial charge in [-0.05, 0) is 31.2 Å². The largest absolute Gasteiger partial charge is 0.294 e. The smallest absolute Gasteiger partial charge is 0.0785 e. The first-order valence-electron chi connectivity index (χ1n) is 8.46. The summed E-state index contributed by atoms with van der Waals surface area (Å²) in [4.78, 5) is 2.68. The van der Waals surface area contributed by atoms with E-state index in [1.165, 1.54) is 31.2 Å². The van der Waals surface area contributed by atoms with E-state index >= 15 is 0 Å². The van der Waals surface area contributed by atoms with Crippen LogP contribution in [0.1, 0.15) is 37.3 Å². The van der Waals surface area contributed by atoms with E-state index in [9.17, 15) is 0 Å². The van der Waals surface area contributed by atoms with Crippen LogP contribution in [0.2, 0.25) is 5.02 Å². The molecule has 0 amide bonds. The Balaban J connectivity index is 1.40. The van der Waals surface area contributed by atoms with Gasteiger partial charge in [0.05, 0.1) is 17.3 Å². The first-order valence-corrected chi connectivity index (χ1v) is 8.84. The maximum Gasteiger partial charge on any atom is 0.0785 e. The topological polar surface area (TPSA) is 21.1 Å². The van der Waals surface area contributed by atoms with Gasteiger partial charge in [0.1, 0.15) is 0 Å². The number of halogens is 1. The standard InChI is InChI=1S/C19H22ClN3/c20-16-13-21-23(14-16)19-11-17-8-9-18(12-19)22(17)10-4-7-15-5-2-1-3-6-15/h1-7,13-14,17-19H,8-12H2/b7-4+. The number of aromatic nitrogens is 2. The minimum Gasteiger partial charge on any atom is -0.294 e. The van der Waals surface area contributed by atoms with Gasteiger partial charge in [-0.1, -0.05) is 54.1 Å². The number of hydrogen-bond acceptors (Lipinski definition) is 2. The molecule has 2 fully saturated rings. The molecule has 2 saturated heterocycles. The van der Waals surface area contributed by atoms with Crippen LogP contribution in [0.25, 0.3) is 6.08 Å². The van der Waals surface area contributed by atoms with Crippen molar-refractivity contribution in [1.82, 2.24) is 14.7 Å². The Kier molecular flexibility index (Phi) is 4.23. The van der Waals surface area contributed by atoms with Gasteiger partial charge in [0.25, 0.3) is 0 Å². The first kappa shape index (κ1) is 15.0. The summed E-state index contributed by atoms with van der Waals surface area (Å²) in [6, 6.07) is 12.4. The SMILES string of the molecule is Clc1cnn(C2CC3CCC(C2)N3C/C=C/c2ccccc2)c1. The molecule has 0 radical (unpaired) electrons. The van der Waals surface area contributed by atoms with E-state index in [-0.39, 0.29) is 0 Å². The zero-order chi connectivity index (χ0) is 15.6. The van der Waals surface area contributed by atoms with Crippen molar-refractivity contribution in [2.24, 2.45) is 0 Å². The van der Waals surface area contributed by atoms with Crippen LogP contribution in [0.5, 0.6) is 0 Å². The Morgan fingerprint density at radius 1 is 1.09 bits per heavy atom. The molecular weight excluding hydrogens is 306 g/mol. The lowest BCUT2D eigenvalue weighted by Crippen LogP contribution is -2.43. The molecule has 120 valence electrons. The van der Waals surface area contributed by atoms with Crippen molar-refractivity contribution in [3.8, 4) is 0 Å². The average molecular weight is 328 g/mol. The highest BCUT2D eigenvalue weighted by molar-refractivity contribution is 6.30. The molecule has 4 heteroatoms. The number of fused-ring (bicyclic) bond motifs is 2. The Morgan fingerprint density at radius 2 is 1.83 bits per heavy atom. The summed E-state index contributed by atoms with van der Waals surface area (Å²) >= 11 is 6.02. The van der Waals surface area contributed by atoms with Crippen molar-refractivity contribution < 1.29 is 0 Å². The van der Waals surface area contributed by atoms with E-state index in [0.717, 1.165) is 11.6 Å². The second kappa shape index (κ2) is 6.50. The van der Waals surface area contributed by atoms with E-state index in [1.54, 1.807) is 6.20 Å². The van der Waals surface area contributed by atoms with Crippen LogP contribution in [-0.2, 0) is 0 Å². The van der Waals surface area contributed by atoms with Crippen LogP contribution < -0.4 is 0 Å². The van der Waals surface area contributed by atoms with E-state index in [0.29, 0.717) is 18.1 Å². The average Bonchev–Trinajstić information content (AvgIpc) is 3.09. The van der Waals surface area contributed by atoms with Crippen molar-refractivity contribution in [2.45, 2.75) is 43.8 Å². The molecule has 3 nitrogen and oxygen atoms in total. The Labute approximate surface area is 142 Å². The normalized spacial score (nSPS) is 27.8. The lowest BCUT2D eigenvalue weighted by Gasteiger charge is -2.38. The molecule has 1 aromatic heterocycles. The predicted molar refractivity (Wildman–Crippen MR) is 94.5 cm³/mol. The molecule has 0 N–H and O–H groups in total. The maximum absolute atomic E-state index is 6.02. The van der Waals surface area contributed by atoms with Crippen LogP contribution in [0, 0.1) is 0 Å². The van der Waals surface area contributed by atoms with Crippen molar-refractivity contribution >= 4 is 17.7 Å². The second-order valence-corrected chi connectivity index (χ2v) is 7.10. The third-order valence-electron chi connectivity index (χ3n) is 5.23. The lowest BCUT2D eigenvalue weighted by atomic mass is 9.97. The monoisotopic (exact) mass is 327 g/mol. The highest BCUT2D eigenvalue weighted by Crippen LogP contribution is 2.40. The molecular formula is C19H22ClN3. The molecule has 3 heterocycles. The number of piperidine rings is 1. The summed E-state index contributed by atoms with van der Waals surface area (Å²) in [7, 11) is 0. The molecule has 2 atom stereocenters. The molecule has 2 unspecified atom stereocenters. The van der Waals surface area contributed by atoms with E-state index in [2.05, 4.69) is 57.2 Å². The Bertz CT molecular complexity index is 665. The molecule has 23 heavy (non-hydrogen) atoms. The fraction of sp³-hybridized carbons (Fsp3) is 0.421. The molecule has 2 bridgehead atoms. The Morgan fingerprint density at radius 3 is 2.48 bits per heavy atom. The number of benzene rings is 1. The van der Waals surface area contributed by atoms with Crippen molar-refractivity contribution in [3.05, 3.63) is 59.4 Å². The minimum atomic E-state index is 0.509. The van der Waals surface area contributed by atoms with Gasteiger partial charge in [-0.25, -0.2) is 0 Å². The van der Waals surface area contributed by atoms with Crippen LogP contribution in [0.15, 0.2) is 48.8 Å². The predicted octanol–water partition coefficient (Wildman–Crippen LogP) is 4.42. The van der Waals surface area contributed by atoms with Gasteiger partial charge in [0.15, 0.2) is 0 Å². The van der Waals surface area contributed by atoms with Crippen molar-refractivity contribution in [1.29, 1.82) is 0 Å². The van der Waals surface area contributed by atoms with Crippen LogP contribution in [0.4, 0.5) is 0 Å². The fourth-order valence-electron chi connectivity index (χ4n) is 4.15. The molecule has 4 rings (SSSR count). The molecule has 2 aliphatic heterocycles. The van der Waals surface area contributed by atoms with Crippen LogP contribution in [-0.4, -0.2) is 33.3 Å². The Hall–Kier alpha value is -1.58. The quantitative estimate of drug-likeness (QED) is 0.829. The van der Waals surface area contributed by atoms with Crippen molar-refractivity contribution in [2.75, 3.05) is 6.54 Å². The third kappa shape index (κ3) is 3.22. The zero-order valence-electron chi connectivity index (χ0n) is 13.2. The number of nitrogens with zero attached hydrogens (tertiary/aromatic N) is 3. The van der Waals surface area contributed by atoms with Gasteiger partial charge in [-0.2, -0.15) is 5.10 Å². The first-order chi connectivity index (χ1) is 11.3. The van der Waals surface area contributed by atoms with Gasteiger partial charge >= 0.3 is 0 Å². The van der Waals surface area contributed by atoms with Crippen molar-refractivity contribution in [3.63, 3.8) is 0 Å².